The number of hydrogen-bond acceptors (Lipinski definition) is 3. The molecule has 1 heterocycles. The Morgan fingerprint density at radius 1 is 1.08 bits per heavy atom. The molecule has 2 N–H and O–H groups in total. The van der Waals surface area contributed by atoms with Crippen molar-refractivity contribution in [1.29, 1.82) is 0 Å². The number of unbranched alkanes of at least 4 members (excludes halogenated alkanes) is 1. The van der Waals surface area contributed by atoms with Crippen molar-refractivity contribution in [3.05, 3.63) is 42.1 Å². The van der Waals surface area contributed by atoms with Crippen LogP contribution in [-0.2, 0) is 11.2 Å². The third-order valence-corrected chi connectivity index (χ3v) is 4.03. The second-order valence-corrected chi connectivity index (χ2v) is 5.99. The summed E-state index contributed by atoms with van der Waals surface area (Å²) in [6, 6.07) is 10.4. The predicted molar refractivity (Wildman–Crippen MR) is 121 cm³/mol. The number of nitrogens with zero attached hydrogens (tertiary/aromatic N) is 2. The molecule has 0 spiro atoms. The fourth-order valence-corrected chi connectivity index (χ4v) is 2.63. The summed E-state index contributed by atoms with van der Waals surface area (Å²) in [6.45, 7) is 5.52. The van der Waals surface area contributed by atoms with Gasteiger partial charge in [0, 0.05) is 44.9 Å². The normalized spacial score (nSPS) is 11.2. The van der Waals surface area contributed by atoms with Crippen molar-refractivity contribution >= 4 is 40.8 Å². The second kappa shape index (κ2) is 13.7. The number of rotatable bonds is 10. The van der Waals surface area contributed by atoms with Crippen molar-refractivity contribution in [1.82, 2.24) is 15.6 Å². The molecule has 0 aliphatic heterocycles. The SMILES string of the molecule is CCCCOCCCNC(=NC)NCCc1cccc2cccnc12.I. The molecule has 1 aromatic carbocycles. The van der Waals surface area contributed by atoms with Crippen LogP contribution in [0.5, 0.6) is 0 Å². The topological polar surface area (TPSA) is 58.5 Å². The molecular formula is C20H31IN4O. The van der Waals surface area contributed by atoms with Gasteiger partial charge in [0.1, 0.15) is 0 Å². The number of ether oxygens (including phenoxy) is 1. The average Bonchev–Trinajstić information content (AvgIpc) is 2.66. The highest BCUT2D eigenvalue weighted by Gasteiger charge is 2.02. The van der Waals surface area contributed by atoms with Crippen molar-refractivity contribution in [3.63, 3.8) is 0 Å². The van der Waals surface area contributed by atoms with Crippen LogP contribution in [0.15, 0.2) is 41.5 Å². The van der Waals surface area contributed by atoms with E-state index in [4.69, 9.17) is 4.74 Å². The van der Waals surface area contributed by atoms with E-state index in [-0.39, 0.29) is 24.0 Å². The van der Waals surface area contributed by atoms with Gasteiger partial charge < -0.3 is 15.4 Å². The first kappa shape index (κ1) is 22.6. The molecule has 2 rings (SSSR count). The van der Waals surface area contributed by atoms with Crippen LogP contribution in [-0.4, -0.2) is 44.3 Å². The quantitative estimate of drug-likeness (QED) is 0.240. The first-order valence-electron chi connectivity index (χ1n) is 9.20. The van der Waals surface area contributed by atoms with E-state index in [0.29, 0.717) is 0 Å². The largest absolute Gasteiger partial charge is 0.381 e. The second-order valence-electron chi connectivity index (χ2n) is 5.99. The van der Waals surface area contributed by atoms with E-state index in [9.17, 15) is 0 Å². The minimum absolute atomic E-state index is 0. The molecule has 0 saturated heterocycles. The number of guanidine groups is 1. The van der Waals surface area contributed by atoms with Gasteiger partial charge in [-0.2, -0.15) is 0 Å². The van der Waals surface area contributed by atoms with E-state index in [2.05, 4.69) is 51.8 Å². The van der Waals surface area contributed by atoms with Crippen LogP contribution in [0.1, 0.15) is 31.7 Å². The number of para-hydroxylation sites is 1. The molecule has 1 aromatic heterocycles. The monoisotopic (exact) mass is 470 g/mol. The first-order chi connectivity index (χ1) is 12.3. The lowest BCUT2D eigenvalue weighted by molar-refractivity contribution is 0.129. The van der Waals surface area contributed by atoms with Crippen LogP contribution >= 0.6 is 24.0 Å². The van der Waals surface area contributed by atoms with Gasteiger partial charge in [-0.3, -0.25) is 9.98 Å². The number of aliphatic imine (C=N–C) groups is 1. The van der Waals surface area contributed by atoms with Crippen LogP contribution < -0.4 is 10.6 Å². The minimum atomic E-state index is 0. The van der Waals surface area contributed by atoms with Gasteiger partial charge in [0.25, 0.3) is 0 Å². The van der Waals surface area contributed by atoms with Crippen LogP contribution in [0.2, 0.25) is 0 Å². The standard InChI is InChI=1S/C20H30N4O.HI/c1-3-4-15-25-16-7-13-23-20(21-2)24-14-11-18-9-5-8-17-10-6-12-22-19(17)18;/h5-6,8-10,12H,3-4,7,11,13-16H2,1-2H3,(H2,21,23,24);1H. The van der Waals surface area contributed by atoms with Gasteiger partial charge in [0.15, 0.2) is 5.96 Å². The number of fused-ring (bicyclic) bond motifs is 1. The van der Waals surface area contributed by atoms with Crippen molar-refractivity contribution in [3.8, 4) is 0 Å². The molecule has 0 unspecified atom stereocenters. The van der Waals surface area contributed by atoms with Gasteiger partial charge in [-0.25, -0.2) is 0 Å². The maximum Gasteiger partial charge on any atom is 0.190 e. The highest BCUT2D eigenvalue weighted by molar-refractivity contribution is 14.0. The molecule has 5 nitrogen and oxygen atoms in total. The number of pyridine rings is 1. The zero-order valence-corrected chi connectivity index (χ0v) is 18.2. The zero-order chi connectivity index (χ0) is 17.7. The van der Waals surface area contributed by atoms with E-state index >= 15 is 0 Å². The Labute approximate surface area is 174 Å². The highest BCUT2D eigenvalue weighted by Crippen LogP contribution is 2.15. The maximum atomic E-state index is 5.56. The molecule has 0 saturated carbocycles. The van der Waals surface area contributed by atoms with Crippen molar-refractivity contribution in [2.75, 3.05) is 33.4 Å². The van der Waals surface area contributed by atoms with Crippen LogP contribution in [0, 0.1) is 0 Å². The van der Waals surface area contributed by atoms with E-state index in [1.165, 1.54) is 17.4 Å². The van der Waals surface area contributed by atoms with E-state index in [0.717, 1.165) is 57.0 Å². The third-order valence-electron chi connectivity index (χ3n) is 4.03. The lowest BCUT2D eigenvalue weighted by Crippen LogP contribution is -2.39. The first-order valence-corrected chi connectivity index (χ1v) is 9.20. The van der Waals surface area contributed by atoms with Gasteiger partial charge in [-0.15, -0.1) is 24.0 Å². The van der Waals surface area contributed by atoms with Gasteiger partial charge in [0.2, 0.25) is 0 Å². The average molecular weight is 470 g/mol. The Morgan fingerprint density at radius 3 is 2.65 bits per heavy atom. The van der Waals surface area contributed by atoms with Crippen LogP contribution in [0.4, 0.5) is 0 Å². The molecule has 0 fully saturated rings. The molecule has 0 atom stereocenters. The molecular weight excluding hydrogens is 439 g/mol. The summed E-state index contributed by atoms with van der Waals surface area (Å²) in [5.74, 6) is 0.835. The Morgan fingerprint density at radius 2 is 1.85 bits per heavy atom. The maximum absolute atomic E-state index is 5.56. The molecule has 0 aliphatic rings. The summed E-state index contributed by atoms with van der Waals surface area (Å²) in [5, 5.41) is 7.88. The Hall–Kier alpha value is -1.41. The number of halogens is 1. The zero-order valence-electron chi connectivity index (χ0n) is 15.8. The van der Waals surface area contributed by atoms with Gasteiger partial charge in [-0.1, -0.05) is 37.6 Å². The lowest BCUT2D eigenvalue weighted by Gasteiger charge is -2.12. The van der Waals surface area contributed by atoms with Crippen molar-refractivity contribution < 1.29 is 4.74 Å². The number of nitrogens with one attached hydrogen (secondary N) is 2. The van der Waals surface area contributed by atoms with E-state index in [1.54, 1.807) is 7.05 Å². The van der Waals surface area contributed by atoms with Crippen LogP contribution in [0.3, 0.4) is 0 Å². The smallest absolute Gasteiger partial charge is 0.190 e. The van der Waals surface area contributed by atoms with Gasteiger partial charge >= 0.3 is 0 Å². The lowest BCUT2D eigenvalue weighted by atomic mass is 10.1. The fraction of sp³-hybridized carbons (Fsp3) is 0.500. The Kier molecular flexibility index (Phi) is 12.0. The van der Waals surface area contributed by atoms with E-state index in [1.807, 2.05) is 12.3 Å². The Bertz CT molecular complexity index is 658. The van der Waals surface area contributed by atoms with Gasteiger partial charge in [-0.05, 0) is 30.9 Å². The summed E-state index contributed by atoms with van der Waals surface area (Å²) in [6.07, 6.45) is 6.07. The molecule has 2 aromatic rings. The molecule has 6 heteroatoms. The summed E-state index contributed by atoms with van der Waals surface area (Å²) in [5.41, 5.74) is 2.34. The third kappa shape index (κ3) is 7.86. The fourth-order valence-electron chi connectivity index (χ4n) is 2.63. The molecule has 0 radical (unpaired) electrons. The summed E-state index contributed by atoms with van der Waals surface area (Å²) < 4.78 is 5.56. The Balaban J connectivity index is 0.00000338. The van der Waals surface area contributed by atoms with Crippen LogP contribution in [0.25, 0.3) is 10.9 Å². The molecule has 26 heavy (non-hydrogen) atoms. The summed E-state index contributed by atoms with van der Waals surface area (Å²) in [7, 11) is 1.80. The molecule has 0 amide bonds. The summed E-state index contributed by atoms with van der Waals surface area (Å²) >= 11 is 0. The molecule has 0 bridgehead atoms. The molecule has 144 valence electrons. The number of hydrogen-bond donors (Lipinski definition) is 2. The van der Waals surface area contributed by atoms with Gasteiger partial charge in [0.05, 0.1) is 5.52 Å². The van der Waals surface area contributed by atoms with E-state index < -0.39 is 0 Å². The minimum Gasteiger partial charge on any atom is -0.381 e. The highest BCUT2D eigenvalue weighted by atomic mass is 127. The van der Waals surface area contributed by atoms with Crippen molar-refractivity contribution in [2.45, 2.75) is 32.6 Å². The summed E-state index contributed by atoms with van der Waals surface area (Å²) in [4.78, 5) is 8.77. The van der Waals surface area contributed by atoms with Crippen molar-refractivity contribution in [2.24, 2.45) is 4.99 Å². The number of benzene rings is 1. The molecule has 0 aliphatic carbocycles. The number of aromatic nitrogens is 1. The predicted octanol–water partition coefficient (Wildman–Crippen LogP) is 3.77.